The molecular formula is C21H26N2O3. The SMILES string of the molecule is CNC(=O)C[C@H]1CC2(CCN(Cc3ccco3)CC2)Oc2ccccc21. The molecule has 1 aromatic carbocycles. The van der Waals surface area contributed by atoms with E-state index in [1.54, 1.807) is 13.3 Å². The maximum absolute atomic E-state index is 12.0. The van der Waals surface area contributed by atoms with Crippen LogP contribution in [0.5, 0.6) is 5.75 Å². The summed E-state index contributed by atoms with van der Waals surface area (Å²) in [7, 11) is 1.70. The van der Waals surface area contributed by atoms with Gasteiger partial charge >= 0.3 is 0 Å². The van der Waals surface area contributed by atoms with Gasteiger partial charge in [0, 0.05) is 32.5 Å². The van der Waals surface area contributed by atoms with Crippen LogP contribution in [-0.2, 0) is 11.3 Å². The van der Waals surface area contributed by atoms with Gasteiger partial charge in [0.2, 0.25) is 5.91 Å². The van der Waals surface area contributed by atoms with E-state index in [-0.39, 0.29) is 17.4 Å². The second-order valence-corrected chi connectivity index (χ2v) is 7.46. The monoisotopic (exact) mass is 354 g/mol. The van der Waals surface area contributed by atoms with Crippen LogP contribution in [0, 0.1) is 0 Å². The number of furan rings is 1. The van der Waals surface area contributed by atoms with Gasteiger partial charge in [-0.2, -0.15) is 0 Å². The summed E-state index contributed by atoms with van der Waals surface area (Å²) in [5.41, 5.74) is 1.01. The Bertz CT molecular complexity index is 748. The van der Waals surface area contributed by atoms with Gasteiger partial charge in [0.05, 0.1) is 12.8 Å². The van der Waals surface area contributed by atoms with Crippen LogP contribution >= 0.6 is 0 Å². The van der Waals surface area contributed by atoms with Gasteiger partial charge < -0.3 is 14.5 Å². The largest absolute Gasteiger partial charge is 0.487 e. The first kappa shape index (κ1) is 17.2. The molecule has 4 rings (SSSR count). The minimum absolute atomic E-state index is 0.0945. The van der Waals surface area contributed by atoms with E-state index in [1.807, 2.05) is 30.3 Å². The Hall–Kier alpha value is -2.27. The molecule has 0 saturated carbocycles. The van der Waals surface area contributed by atoms with E-state index in [0.29, 0.717) is 6.42 Å². The van der Waals surface area contributed by atoms with E-state index in [0.717, 1.165) is 50.4 Å². The van der Waals surface area contributed by atoms with Crippen molar-refractivity contribution in [2.45, 2.75) is 43.7 Å². The number of para-hydroxylation sites is 1. The molecule has 5 heteroatoms. The second-order valence-electron chi connectivity index (χ2n) is 7.46. The van der Waals surface area contributed by atoms with Crippen molar-refractivity contribution in [1.29, 1.82) is 0 Å². The molecule has 2 aliphatic heterocycles. The maximum Gasteiger partial charge on any atom is 0.220 e. The molecule has 0 radical (unpaired) electrons. The van der Waals surface area contributed by atoms with Gasteiger partial charge in [-0.25, -0.2) is 0 Å². The quantitative estimate of drug-likeness (QED) is 0.915. The number of nitrogens with zero attached hydrogens (tertiary/aromatic N) is 1. The van der Waals surface area contributed by atoms with Crippen molar-refractivity contribution in [1.82, 2.24) is 10.2 Å². The first-order valence-electron chi connectivity index (χ1n) is 9.41. The third kappa shape index (κ3) is 3.49. The van der Waals surface area contributed by atoms with Crippen molar-refractivity contribution >= 4 is 5.91 Å². The van der Waals surface area contributed by atoms with Gasteiger partial charge in [-0.1, -0.05) is 18.2 Å². The average molecular weight is 354 g/mol. The van der Waals surface area contributed by atoms with E-state index in [2.05, 4.69) is 16.3 Å². The zero-order chi connectivity index (χ0) is 18.0. The number of carbonyl (C=O) groups excluding carboxylic acids is 1. The summed E-state index contributed by atoms with van der Waals surface area (Å²) in [6.45, 7) is 2.81. The molecule has 1 amide bonds. The number of piperidine rings is 1. The van der Waals surface area contributed by atoms with Crippen LogP contribution in [0.2, 0.25) is 0 Å². The number of ether oxygens (including phenoxy) is 1. The molecule has 26 heavy (non-hydrogen) atoms. The molecule has 1 spiro atoms. The number of nitrogens with one attached hydrogen (secondary N) is 1. The highest BCUT2D eigenvalue weighted by Crippen LogP contribution is 2.46. The fraction of sp³-hybridized carbons (Fsp3) is 0.476. The number of hydrogen-bond donors (Lipinski definition) is 1. The standard InChI is InChI=1S/C21H26N2O3/c1-22-20(24)13-16-14-21(26-19-7-3-2-6-18(16)19)8-10-23(11-9-21)15-17-5-4-12-25-17/h2-7,12,16H,8-11,13-15H2,1H3,(H,22,24)/t16-/m0/s1. The predicted molar refractivity (Wildman–Crippen MR) is 99.1 cm³/mol. The summed E-state index contributed by atoms with van der Waals surface area (Å²) in [6.07, 6.45) is 5.12. The zero-order valence-electron chi connectivity index (χ0n) is 15.2. The minimum Gasteiger partial charge on any atom is -0.487 e. The normalized spacial score (nSPS) is 21.8. The third-order valence-corrected chi connectivity index (χ3v) is 5.74. The molecule has 1 saturated heterocycles. The molecule has 3 heterocycles. The molecule has 0 aliphatic carbocycles. The number of carbonyl (C=O) groups is 1. The van der Waals surface area contributed by atoms with Crippen LogP contribution < -0.4 is 10.1 Å². The first-order valence-corrected chi connectivity index (χ1v) is 9.41. The van der Waals surface area contributed by atoms with Crippen molar-refractivity contribution in [3.05, 3.63) is 54.0 Å². The topological polar surface area (TPSA) is 54.7 Å². The number of rotatable bonds is 4. The van der Waals surface area contributed by atoms with Crippen LogP contribution in [0.15, 0.2) is 47.1 Å². The highest BCUT2D eigenvalue weighted by Gasteiger charge is 2.43. The first-order chi connectivity index (χ1) is 12.7. The molecule has 138 valence electrons. The van der Waals surface area contributed by atoms with Gasteiger partial charge in [0.15, 0.2) is 0 Å². The Labute approximate surface area is 154 Å². The second kappa shape index (κ2) is 7.16. The van der Waals surface area contributed by atoms with Crippen LogP contribution in [0.3, 0.4) is 0 Å². The van der Waals surface area contributed by atoms with Gasteiger partial charge in [0.1, 0.15) is 17.1 Å². The fourth-order valence-electron chi connectivity index (χ4n) is 4.30. The lowest BCUT2D eigenvalue weighted by molar-refractivity contribution is -0.121. The summed E-state index contributed by atoms with van der Waals surface area (Å²) < 4.78 is 12.0. The van der Waals surface area contributed by atoms with Crippen LogP contribution in [0.25, 0.3) is 0 Å². The average Bonchev–Trinajstić information content (AvgIpc) is 3.17. The molecule has 1 N–H and O–H groups in total. The Morgan fingerprint density at radius 2 is 2.04 bits per heavy atom. The highest BCUT2D eigenvalue weighted by molar-refractivity contribution is 5.76. The molecular weight excluding hydrogens is 328 g/mol. The number of amides is 1. The van der Waals surface area contributed by atoms with Crippen LogP contribution in [-0.4, -0.2) is 36.5 Å². The highest BCUT2D eigenvalue weighted by atomic mass is 16.5. The molecule has 5 nitrogen and oxygen atoms in total. The summed E-state index contributed by atoms with van der Waals surface area (Å²) in [5, 5.41) is 2.77. The Morgan fingerprint density at radius 1 is 1.23 bits per heavy atom. The Morgan fingerprint density at radius 3 is 2.77 bits per heavy atom. The smallest absolute Gasteiger partial charge is 0.220 e. The van der Waals surface area contributed by atoms with E-state index in [9.17, 15) is 4.79 Å². The van der Waals surface area contributed by atoms with Gasteiger partial charge in [-0.05, 0) is 43.0 Å². The van der Waals surface area contributed by atoms with Crippen molar-refractivity contribution in [3.63, 3.8) is 0 Å². The van der Waals surface area contributed by atoms with Gasteiger partial charge in [-0.15, -0.1) is 0 Å². The molecule has 2 aromatic rings. The number of hydrogen-bond acceptors (Lipinski definition) is 4. The molecule has 1 atom stereocenters. The van der Waals surface area contributed by atoms with E-state index < -0.39 is 0 Å². The van der Waals surface area contributed by atoms with Crippen LogP contribution in [0.4, 0.5) is 0 Å². The van der Waals surface area contributed by atoms with E-state index in [1.165, 1.54) is 5.56 Å². The summed E-state index contributed by atoms with van der Waals surface area (Å²) in [4.78, 5) is 14.4. The summed E-state index contributed by atoms with van der Waals surface area (Å²) in [6, 6.07) is 12.1. The van der Waals surface area contributed by atoms with Crippen molar-refractivity contribution in [3.8, 4) is 5.75 Å². The maximum atomic E-state index is 12.0. The summed E-state index contributed by atoms with van der Waals surface area (Å²) >= 11 is 0. The van der Waals surface area contributed by atoms with Crippen molar-refractivity contribution in [2.75, 3.05) is 20.1 Å². The van der Waals surface area contributed by atoms with Crippen molar-refractivity contribution < 1.29 is 13.9 Å². The van der Waals surface area contributed by atoms with Gasteiger partial charge in [0.25, 0.3) is 0 Å². The molecule has 0 bridgehead atoms. The summed E-state index contributed by atoms with van der Waals surface area (Å²) in [5.74, 6) is 2.27. The van der Waals surface area contributed by atoms with Crippen LogP contribution in [0.1, 0.15) is 42.9 Å². The van der Waals surface area contributed by atoms with E-state index in [4.69, 9.17) is 9.15 Å². The molecule has 1 fully saturated rings. The van der Waals surface area contributed by atoms with E-state index >= 15 is 0 Å². The molecule has 2 aliphatic rings. The predicted octanol–water partition coefficient (Wildman–Crippen LogP) is 3.32. The molecule has 1 aromatic heterocycles. The number of benzene rings is 1. The lowest BCUT2D eigenvalue weighted by Gasteiger charge is -2.46. The van der Waals surface area contributed by atoms with Crippen molar-refractivity contribution in [2.24, 2.45) is 0 Å². The lowest BCUT2D eigenvalue weighted by Crippen LogP contribution is -2.50. The minimum atomic E-state index is -0.160. The Balaban J connectivity index is 1.48. The van der Waals surface area contributed by atoms with Gasteiger partial charge in [-0.3, -0.25) is 9.69 Å². The number of fused-ring (bicyclic) bond motifs is 1. The zero-order valence-corrected chi connectivity index (χ0v) is 15.2. The Kier molecular flexibility index (Phi) is 4.72. The lowest BCUT2D eigenvalue weighted by atomic mass is 9.76. The number of likely N-dealkylation sites (tertiary alicyclic amines) is 1. The fourth-order valence-corrected chi connectivity index (χ4v) is 4.30. The third-order valence-electron chi connectivity index (χ3n) is 5.74. The molecule has 0 unspecified atom stereocenters.